The van der Waals surface area contributed by atoms with Crippen LogP contribution in [0.2, 0.25) is 0 Å². The van der Waals surface area contributed by atoms with Crippen molar-refractivity contribution in [3.8, 4) is 0 Å². The van der Waals surface area contributed by atoms with Crippen molar-refractivity contribution < 1.29 is 23.9 Å². The van der Waals surface area contributed by atoms with Crippen LogP contribution in [0.3, 0.4) is 0 Å². The molecular formula is C16H18BrNO5. The molecule has 0 bridgehead atoms. The summed E-state index contributed by atoms with van der Waals surface area (Å²) in [7, 11) is 0. The Bertz CT molecular complexity index is 595. The van der Waals surface area contributed by atoms with Crippen LogP contribution in [-0.2, 0) is 23.9 Å². The monoisotopic (exact) mass is 383 g/mol. The summed E-state index contributed by atoms with van der Waals surface area (Å²) in [5, 5.41) is 0. The predicted octanol–water partition coefficient (Wildman–Crippen LogP) is 2.44. The first-order valence-corrected chi connectivity index (χ1v) is 8.19. The van der Waals surface area contributed by atoms with Gasteiger partial charge < -0.3 is 9.47 Å². The van der Waals surface area contributed by atoms with Crippen LogP contribution in [-0.4, -0.2) is 36.6 Å². The summed E-state index contributed by atoms with van der Waals surface area (Å²) in [6.45, 7) is 3.53. The number of ether oxygens (including phenoxy) is 2. The highest BCUT2D eigenvalue weighted by molar-refractivity contribution is 9.10. The van der Waals surface area contributed by atoms with Gasteiger partial charge >= 0.3 is 11.9 Å². The number of hydrogen-bond donors (Lipinski definition) is 0. The minimum Gasteiger partial charge on any atom is -0.464 e. The summed E-state index contributed by atoms with van der Waals surface area (Å²) in [4.78, 5) is 38.7. The standard InChI is InChI=1S/C16H18BrNO5/c1-3-22-14(20)16(15(21)23-4-2)10-9-13(19)18(16)12-7-5-11(17)6-8-12/h5-8H,3-4,9-10H2,1-2H3. The Balaban J connectivity index is 2.53. The van der Waals surface area contributed by atoms with Crippen molar-refractivity contribution in [1.82, 2.24) is 0 Å². The van der Waals surface area contributed by atoms with Gasteiger partial charge in [-0.2, -0.15) is 0 Å². The van der Waals surface area contributed by atoms with Crippen LogP contribution in [0.5, 0.6) is 0 Å². The van der Waals surface area contributed by atoms with E-state index in [4.69, 9.17) is 9.47 Å². The lowest BCUT2D eigenvalue weighted by Gasteiger charge is -2.33. The third-order valence-corrected chi connectivity index (χ3v) is 4.17. The zero-order valence-corrected chi connectivity index (χ0v) is 14.6. The molecule has 1 aliphatic rings. The Kier molecular flexibility index (Phi) is 5.41. The zero-order valence-electron chi connectivity index (χ0n) is 13.0. The molecule has 0 saturated carbocycles. The molecule has 0 spiro atoms. The van der Waals surface area contributed by atoms with Crippen LogP contribution < -0.4 is 4.90 Å². The lowest BCUT2D eigenvalue weighted by atomic mass is 9.95. The van der Waals surface area contributed by atoms with Crippen molar-refractivity contribution in [3.05, 3.63) is 28.7 Å². The highest BCUT2D eigenvalue weighted by atomic mass is 79.9. The van der Waals surface area contributed by atoms with E-state index in [1.54, 1.807) is 38.1 Å². The van der Waals surface area contributed by atoms with Gasteiger partial charge in [0.25, 0.3) is 0 Å². The van der Waals surface area contributed by atoms with Gasteiger partial charge in [-0.15, -0.1) is 0 Å². The average molecular weight is 384 g/mol. The smallest absolute Gasteiger partial charge is 0.344 e. The first kappa shape index (κ1) is 17.5. The Hall–Kier alpha value is -1.89. The summed E-state index contributed by atoms with van der Waals surface area (Å²) in [6, 6.07) is 6.81. The lowest BCUT2D eigenvalue weighted by molar-refractivity contribution is -0.164. The number of carbonyl (C=O) groups excluding carboxylic acids is 3. The molecule has 1 fully saturated rings. The number of carbonyl (C=O) groups is 3. The summed E-state index contributed by atoms with van der Waals surface area (Å²) in [5.74, 6) is -1.83. The maximum absolute atomic E-state index is 12.6. The third kappa shape index (κ3) is 3.10. The van der Waals surface area contributed by atoms with E-state index in [1.165, 1.54) is 4.90 Å². The van der Waals surface area contributed by atoms with Gasteiger partial charge in [0.1, 0.15) is 0 Å². The van der Waals surface area contributed by atoms with Crippen LogP contribution in [0.4, 0.5) is 5.69 Å². The van der Waals surface area contributed by atoms with Crippen molar-refractivity contribution in [2.24, 2.45) is 0 Å². The second-order valence-electron chi connectivity index (χ2n) is 5.01. The molecule has 1 heterocycles. The van der Waals surface area contributed by atoms with Crippen LogP contribution in [0.25, 0.3) is 0 Å². The fourth-order valence-electron chi connectivity index (χ4n) is 2.65. The van der Waals surface area contributed by atoms with E-state index < -0.39 is 17.5 Å². The van der Waals surface area contributed by atoms with Gasteiger partial charge in [-0.1, -0.05) is 15.9 Å². The minimum atomic E-state index is -1.75. The van der Waals surface area contributed by atoms with Gasteiger partial charge in [0, 0.05) is 23.0 Å². The Morgan fingerprint density at radius 2 is 1.65 bits per heavy atom. The molecule has 23 heavy (non-hydrogen) atoms. The number of amides is 1. The quantitative estimate of drug-likeness (QED) is 0.576. The molecule has 1 aromatic carbocycles. The molecule has 1 aromatic rings. The number of rotatable bonds is 5. The molecular weight excluding hydrogens is 366 g/mol. The van der Waals surface area contributed by atoms with Crippen molar-refractivity contribution in [2.75, 3.05) is 18.1 Å². The van der Waals surface area contributed by atoms with Crippen molar-refractivity contribution in [2.45, 2.75) is 32.2 Å². The summed E-state index contributed by atoms with van der Waals surface area (Å²) in [5.41, 5.74) is -1.30. The first-order chi connectivity index (χ1) is 11.0. The molecule has 2 rings (SSSR count). The van der Waals surface area contributed by atoms with Gasteiger partial charge in [0.05, 0.1) is 13.2 Å². The number of nitrogens with zero attached hydrogens (tertiary/aromatic N) is 1. The van der Waals surface area contributed by atoms with E-state index in [-0.39, 0.29) is 32.0 Å². The maximum atomic E-state index is 12.6. The second kappa shape index (κ2) is 7.12. The molecule has 0 radical (unpaired) electrons. The van der Waals surface area contributed by atoms with E-state index in [2.05, 4.69) is 15.9 Å². The fraction of sp³-hybridized carbons (Fsp3) is 0.438. The largest absolute Gasteiger partial charge is 0.464 e. The molecule has 7 heteroatoms. The summed E-state index contributed by atoms with van der Waals surface area (Å²) >= 11 is 3.32. The molecule has 0 unspecified atom stereocenters. The lowest BCUT2D eigenvalue weighted by Crippen LogP contribution is -2.59. The molecule has 1 aliphatic heterocycles. The van der Waals surface area contributed by atoms with Crippen molar-refractivity contribution >= 4 is 39.5 Å². The Morgan fingerprint density at radius 3 is 2.13 bits per heavy atom. The number of esters is 2. The number of halogens is 1. The minimum absolute atomic E-state index is 0.0412. The van der Waals surface area contributed by atoms with E-state index in [9.17, 15) is 14.4 Å². The van der Waals surface area contributed by atoms with Gasteiger partial charge in [-0.3, -0.25) is 9.69 Å². The summed E-state index contributed by atoms with van der Waals surface area (Å²) in [6.07, 6.45) is 0.118. The summed E-state index contributed by atoms with van der Waals surface area (Å²) < 4.78 is 11.0. The fourth-order valence-corrected chi connectivity index (χ4v) is 2.91. The van der Waals surface area contributed by atoms with Crippen LogP contribution >= 0.6 is 15.9 Å². The molecule has 1 amide bonds. The molecule has 124 valence electrons. The van der Waals surface area contributed by atoms with E-state index >= 15 is 0 Å². The highest BCUT2D eigenvalue weighted by Crippen LogP contribution is 2.38. The van der Waals surface area contributed by atoms with Gasteiger partial charge in [0.2, 0.25) is 11.4 Å². The maximum Gasteiger partial charge on any atom is 0.344 e. The van der Waals surface area contributed by atoms with Gasteiger partial charge in [0.15, 0.2) is 0 Å². The molecule has 0 atom stereocenters. The molecule has 0 aromatic heterocycles. The number of hydrogen-bond acceptors (Lipinski definition) is 5. The third-order valence-electron chi connectivity index (χ3n) is 3.64. The number of anilines is 1. The van der Waals surface area contributed by atoms with Crippen molar-refractivity contribution in [3.63, 3.8) is 0 Å². The average Bonchev–Trinajstić information content (AvgIpc) is 2.87. The van der Waals surface area contributed by atoms with E-state index in [0.717, 1.165) is 4.47 Å². The van der Waals surface area contributed by atoms with Crippen LogP contribution in [0.15, 0.2) is 28.7 Å². The van der Waals surface area contributed by atoms with Crippen LogP contribution in [0.1, 0.15) is 26.7 Å². The van der Waals surface area contributed by atoms with Gasteiger partial charge in [-0.25, -0.2) is 9.59 Å². The number of benzene rings is 1. The SMILES string of the molecule is CCOC(=O)C1(C(=O)OCC)CCC(=O)N1c1ccc(Br)cc1. The molecule has 1 saturated heterocycles. The molecule has 0 N–H and O–H groups in total. The molecule has 0 aliphatic carbocycles. The molecule has 6 nitrogen and oxygen atoms in total. The van der Waals surface area contributed by atoms with E-state index in [1.807, 2.05) is 0 Å². The predicted molar refractivity (Wildman–Crippen MR) is 86.9 cm³/mol. The van der Waals surface area contributed by atoms with Gasteiger partial charge in [-0.05, 0) is 38.1 Å². The Labute approximate surface area is 142 Å². The first-order valence-electron chi connectivity index (χ1n) is 7.40. The zero-order chi connectivity index (χ0) is 17.0. The van der Waals surface area contributed by atoms with E-state index in [0.29, 0.717) is 5.69 Å². The normalized spacial score (nSPS) is 16.3. The Morgan fingerprint density at radius 1 is 1.13 bits per heavy atom. The second-order valence-corrected chi connectivity index (χ2v) is 5.92. The van der Waals surface area contributed by atoms with Crippen LogP contribution in [0, 0.1) is 0 Å². The topological polar surface area (TPSA) is 72.9 Å². The highest BCUT2D eigenvalue weighted by Gasteiger charge is 2.60. The van der Waals surface area contributed by atoms with Crippen molar-refractivity contribution in [1.29, 1.82) is 0 Å².